The van der Waals surface area contributed by atoms with Gasteiger partial charge in [0.05, 0.1) is 18.2 Å². The monoisotopic (exact) mass is 694 g/mol. The lowest BCUT2D eigenvalue weighted by molar-refractivity contribution is -0.147. The van der Waals surface area contributed by atoms with Gasteiger partial charge in [-0.05, 0) is 48.9 Å². The van der Waals surface area contributed by atoms with Gasteiger partial charge in [0, 0.05) is 47.9 Å². The Morgan fingerprint density at radius 2 is 1.53 bits per heavy atom. The van der Waals surface area contributed by atoms with Crippen LogP contribution >= 0.6 is 0 Å². The third kappa shape index (κ3) is 10.2. The fourth-order valence-electron chi connectivity index (χ4n) is 6.23. The Bertz CT molecular complexity index is 1710. The molecule has 2 aromatic heterocycles. The summed E-state index contributed by atoms with van der Waals surface area (Å²) in [5.74, 6) is 0.590. The normalized spacial score (nSPS) is 16.1. The summed E-state index contributed by atoms with van der Waals surface area (Å²) in [5.41, 5.74) is 3.53. The largest absolute Gasteiger partial charge is 0.494 e. The number of unbranched alkanes of at least 4 members (excludes halogenated alkanes) is 4. The Kier molecular flexibility index (Phi) is 12.8. The van der Waals surface area contributed by atoms with Crippen molar-refractivity contribution in [2.45, 2.75) is 103 Å². The summed E-state index contributed by atoms with van der Waals surface area (Å²) in [6.45, 7) is 9.32. The van der Waals surface area contributed by atoms with Gasteiger partial charge in [-0.3, -0.25) is 14.5 Å². The van der Waals surface area contributed by atoms with Crippen LogP contribution in [-0.2, 0) is 16.6 Å². The van der Waals surface area contributed by atoms with Crippen LogP contribution in [0.1, 0.15) is 94.4 Å². The van der Waals surface area contributed by atoms with E-state index in [2.05, 4.69) is 32.2 Å². The highest BCUT2D eigenvalue weighted by molar-refractivity contribution is 5.93. The van der Waals surface area contributed by atoms with E-state index in [4.69, 9.17) is 4.74 Å². The van der Waals surface area contributed by atoms with Crippen molar-refractivity contribution in [3.05, 3.63) is 90.3 Å². The minimum atomic E-state index is -1.22. The first-order chi connectivity index (χ1) is 24.5. The van der Waals surface area contributed by atoms with Crippen LogP contribution in [0, 0.1) is 0 Å². The minimum Gasteiger partial charge on any atom is -0.494 e. The Hall–Kier alpha value is -4.74. The molecule has 1 aliphatic rings. The van der Waals surface area contributed by atoms with E-state index in [-0.39, 0.29) is 17.4 Å². The van der Waals surface area contributed by atoms with Gasteiger partial charge in [-0.2, -0.15) is 0 Å². The zero-order chi connectivity index (χ0) is 36.4. The van der Waals surface area contributed by atoms with Crippen LogP contribution in [0.25, 0.3) is 22.5 Å². The zero-order valence-electron chi connectivity index (χ0n) is 30.1. The highest BCUT2D eigenvalue weighted by Crippen LogP contribution is 2.26. The Morgan fingerprint density at radius 1 is 0.882 bits per heavy atom. The molecular weight excluding hydrogens is 644 g/mol. The van der Waals surface area contributed by atoms with Crippen LogP contribution in [-0.4, -0.2) is 78.4 Å². The molecule has 11 nitrogen and oxygen atoms in total. The molecule has 0 radical (unpaired) electrons. The van der Waals surface area contributed by atoms with Gasteiger partial charge in [0.2, 0.25) is 0 Å². The van der Waals surface area contributed by atoms with Gasteiger partial charge in [-0.15, -0.1) is 0 Å². The molecular formula is C40H50N6O5. The van der Waals surface area contributed by atoms with Gasteiger partial charge in [-0.25, -0.2) is 19.9 Å². The average molecular weight is 695 g/mol. The predicted octanol–water partition coefficient (Wildman–Crippen LogP) is 6.46. The number of likely N-dealkylation sites (tertiary alicyclic amines) is 1. The number of carboxylic acids is 1. The molecule has 0 spiro atoms. The molecule has 1 aliphatic heterocycles. The van der Waals surface area contributed by atoms with E-state index >= 15 is 0 Å². The first-order valence-electron chi connectivity index (χ1n) is 18.0. The number of carbonyl (C=O) groups excluding carboxylic acids is 1. The first-order valence-corrected chi connectivity index (χ1v) is 18.0. The Balaban J connectivity index is 1.24. The maximum Gasteiger partial charge on any atom is 0.320 e. The zero-order valence-corrected chi connectivity index (χ0v) is 30.1. The molecule has 11 heteroatoms. The average Bonchev–Trinajstić information content (AvgIpc) is 3.64. The van der Waals surface area contributed by atoms with Gasteiger partial charge in [0.1, 0.15) is 23.8 Å². The summed E-state index contributed by atoms with van der Waals surface area (Å²) >= 11 is 0. The molecule has 4 aromatic rings. The lowest BCUT2D eigenvalue weighted by Crippen LogP contribution is -2.55. The molecule has 270 valence electrons. The van der Waals surface area contributed by atoms with Crippen LogP contribution in [0.5, 0.6) is 5.75 Å². The number of aliphatic hydroxyl groups excluding tert-OH is 1. The number of hydrogen-bond donors (Lipinski definition) is 3. The second-order valence-electron chi connectivity index (χ2n) is 14.3. The lowest BCUT2D eigenvalue weighted by Gasteiger charge is -2.33. The molecule has 3 heterocycles. The highest BCUT2D eigenvalue weighted by atomic mass is 16.5. The molecule has 3 N–H and O–H groups in total. The molecule has 0 bridgehead atoms. The van der Waals surface area contributed by atoms with Crippen molar-refractivity contribution in [1.29, 1.82) is 0 Å². The van der Waals surface area contributed by atoms with Crippen LogP contribution in [0.4, 0.5) is 0 Å². The fraction of sp³-hybridized carbons (Fsp3) is 0.450. The first kappa shape index (κ1) is 37.5. The maximum absolute atomic E-state index is 13.3. The maximum atomic E-state index is 13.3. The second-order valence-corrected chi connectivity index (χ2v) is 14.3. The van der Waals surface area contributed by atoms with Gasteiger partial charge < -0.3 is 20.3 Å². The number of benzene rings is 2. The van der Waals surface area contributed by atoms with E-state index in [1.807, 2.05) is 69.3 Å². The van der Waals surface area contributed by atoms with Crippen molar-refractivity contribution in [2.75, 3.05) is 13.2 Å². The fourth-order valence-corrected chi connectivity index (χ4v) is 6.23. The van der Waals surface area contributed by atoms with Crippen molar-refractivity contribution in [3.8, 4) is 28.3 Å². The van der Waals surface area contributed by atoms with Gasteiger partial charge in [0.15, 0.2) is 5.82 Å². The van der Waals surface area contributed by atoms with E-state index < -0.39 is 30.2 Å². The van der Waals surface area contributed by atoms with E-state index in [1.54, 1.807) is 17.3 Å². The van der Waals surface area contributed by atoms with Gasteiger partial charge in [0.25, 0.3) is 5.91 Å². The SMILES string of the molecule is CCCCCCCOc1ccc(-c2cnc(-c3ccc(C[C@H](NC(=O)c4cnc(C(C)(C)C)nc4)C(O)N4CCC[C@H]4C(=O)O)cc3)nc2)cc1. The number of ether oxygens (including phenoxy) is 1. The van der Waals surface area contributed by atoms with Gasteiger partial charge >= 0.3 is 5.97 Å². The van der Waals surface area contributed by atoms with E-state index in [0.717, 1.165) is 41.0 Å². The van der Waals surface area contributed by atoms with E-state index in [9.17, 15) is 19.8 Å². The molecule has 1 fully saturated rings. The number of carbonyl (C=O) groups is 2. The van der Waals surface area contributed by atoms with Crippen LogP contribution in [0.3, 0.4) is 0 Å². The summed E-state index contributed by atoms with van der Waals surface area (Å²) < 4.78 is 5.90. The second kappa shape index (κ2) is 17.5. The number of nitrogens with zero attached hydrogens (tertiary/aromatic N) is 5. The molecule has 0 saturated carbocycles. The molecule has 2 aromatic carbocycles. The topological polar surface area (TPSA) is 151 Å². The summed E-state index contributed by atoms with van der Waals surface area (Å²) in [6.07, 6.45) is 12.7. The molecule has 1 unspecified atom stereocenters. The minimum absolute atomic E-state index is 0.254. The summed E-state index contributed by atoms with van der Waals surface area (Å²) in [6, 6.07) is 14.0. The Morgan fingerprint density at radius 3 is 2.16 bits per heavy atom. The van der Waals surface area contributed by atoms with Crippen LogP contribution in [0.15, 0.2) is 73.3 Å². The van der Waals surface area contributed by atoms with Gasteiger partial charge in [-0.1, -0.05) is 89.8 Å². The molecule has 1 saturated heterocycles. The molecule has 1 amide bonds. The molecule has 0 aliphatic carbocycles. The number of aliphatic carboxylic acids is 1. The highest BCUT2D eigenvalue weighted by Gasteiger charge is 2.38. The summed E-state index contributed by atoms with van der Waals surface area (Å²) in [5, 5.41) is 24.2. The number of aliphatic hydroxyl groups is 1. The summed E-state index contributed by atoms with van der Waals surface area (Å²) in [7, 11) is 0. The van der Waals surface area contributed by atoms with Crippen molar-refractivity contribution in [2.24, 2.45) is 0 Å². The number of aromatic nitrogens is 4. The molecule has 3 atom stereocenters. The smallest absolute Gasteiger partial charge is 0.320 e. The van der Waals surface area contributed by atoms with Crippen molar-refractivity contribution in [1.82, 2.24) is 30.2 Å². The predicted molar refractivity (Wildman–Crippen MR) is 196 cm³/mol. The number of hydrogen-bond acceptors (Lipinski definition) is 9. The van der Waals surface area contributed by atoms with Crippen LogP contribution < -0.4 is 10.1 Å². The number of carboxylic acid groups (broad SMARTS) is 1. The third-order valence-corrected chi connectivity index (χ3v) is 9.20. The van der Waals surface area contributed by atoms with Crippen LogP contribution in [0.2, 0.25) is 0 Å². The lowest BCUT2D eigenvalue weighted by atomic mass is 9.96. The third-order valence-electron chi connectivity index (χ3n) is 9.20. The van der Waals surface area contributed by atoms with E-state index in [1.165, 1.54) is 38.1 Å². The van der Waals surface area contributed by atoms with Crippen molar-refractivity contribution < 1.29 is 24.5 Å². The van der Waals surface area contributed by atoms with E-state index in [0.29, 0.717) is 31.0 Å². The van der Waals surface area contributed by atoms with Crippen molar-refractivity contribution in [3.63, 3.8) is 0 Å². The Labute approximate surface area is 300 Å². The number of nitrogens with one attached hydrogen (secondary N) is 1. The quantitative estimate of drug-likeness (QED) is 0.112. The summed E-state index contributed by atoms with van der Waals surface area (Å²) in [4.78, 5) is 44.8. The number of amides is 1. The molecule has 51 heavy (non-hydrogen) atoms. The number of rotatable bonds is 16. The standard InChI is InChI=1S/C40H50N6O5/c1-5-6-7-8-9-21-51-32-18-16-28(17-19-32)30-23-41-35(42-24-30)29-14-12-27(13-15-29)22-33(37(48)46-20-10-11-34(46)38(49)50)45-36(47)31-25-43-39(44-26-31)40(2,3)4/h12-19,23-26,33-34,37,48H,5-11,20-22H2,1-4H3,(H,45,47)(H,49,50)/t33-,34-,37?/m0/s1. The van der Waals surface area contributed by atoms with Crippen molar-refractivity contribution >= 4 is 11.9 Å². The molecule has 5 rings (SSSR count).